The van der Waals surface area contributed by atoms with Crippen LogP contribution in [0.15, 0.2) is 84.9 Å². The molecular formula is C26H27N3O3. The van der Waals surface area contributed by atoms with Crippen LogP contribution in [0.3, 0.4) is 0 Å². The Morgan fingerprint density at radius 2 is 1.34 bits per heavy atom. The molecular weight excluding hydrogens is 402 g/mol. The van der Waals surface area contributed by atoms with Crippen LogP contribution in [0.5, 0.6) is 0 Å². The van der Waals surface area contributed by atoms with Crippen LogP contribution in [0.25, 0.3) is 0 Å². The summed E-state index contributed by atoms with van der Waals surface area (Å²) in [4.78, 5) is 30.7. The summed E-state index contributed by atoms with van der Waals surface area (Å²) >= 11 is 0. The molecule has 1 N–H and O–H groups in total. The van der Waals surface area contributed by atoms with E-state index in [4.69, 9.17) is 5.11 Å². The van der Waals surface area contributed by atoms with Gasteiger partial charge in [-0.25, -0.2) is 9.59 Å². The Hall–Kier alpha value is -3.64. The summed E-state index contributed by atoms with van der Waals surface area (Å²) in [7, 11) is 0. The number of anilines is 1. The molecule has 164 valence electrons. The highest BCUT2D eigenvalue weighted by Crippen LogP contribution is 2.20. The smallest absolute Gasteiger partial charge is 0.335 e. The first-order valence-corrected chi connectivity index (χ1v) is 10.8. The predicted octanol–water partition coefficient (Wildman–Crippen LogP) is 4.33. The molecule has 3 aromatic rings. The first-order valence-electron chi connectivity index (χ1n) is 10.8. The molecule has 0 spiro atoms. The van der Waals surface area contributed by atoms with Crippen molar-refractivity contribution in [2.75, 3.05) is 31.1 Å². The van der Waals surface area contributed by atoms with Gasteiger partial charge in [-0.3, -0.25) is 9.80 Å². The van der Waals surface area contributed by atoms with E-state index in [0.29, 0.717) is 19.6 Å². The number of nitrogens with zero attached hydrogens (tertiary/aromatic N) is 3. The maximum absolute atomic E-state index is 13.5. The van der Waals surface area contributed by atoms with Crippen molar-refractivity contribution >= 4 is 17.7 Å². The van der Waals surface area contributed by atoms with Crippen molar-refractivity contribution in [2.45, 2.75) is 13.1 Å². The standard InChI is InChI=1S/C26H27N3O3/c30-25(31)23-13-11-22(12-14-23)20-29(24-9-5-2-6-10-24)26(32)28-17-15-27(16-18-28)19-21-7-3-1-4-8-21/h1-14H,15-20H2,(H,30,31). The lowest BCUT2D eigenvalue weighted by molar-refractivity contribution is 0.0697. The molecule has 0 aromatic heterocycles. The SMILES string of the molecule is O=C(O)c1ccc(CN(C(=O)N2CCN(Cc3ccccc3)CC2)c2ccccc2)cc1. The number of urea groups is 1. The van der Waals surface area contributed by atoms with Crippen molar-refractivity contribution in [1.29, 1.82) is 0 Å². The van der Waals surface area contributed by atoms with E-state index in [1.807, 2.05) is 41.3 Å². The average Bonchev–Trinajstić information content (AvgIpc) is 2.84. The summed E-state index contributed by atoms with van der Waals surface area (Å²) in [5.41, 5.74) is 3.23. The van der Waals surface area contributed by atoms with Gasteiger partial charge in [0, 0.05) is 38.4 Å². The number of piperazine rings is 1. The number of aromatic carboxylic acids is 1. The highest BCUT2D eigenvalue weighted by atomic mass is 16.4. The van der Waals surface area contributed by atoms with Gasteiger partial charge in [0.05, 0.1) is 12.1 Å². The first kappa shape index (κ1) is 21.6. The number of carbonyl (C=O) groups is 2. The molecule has 1 heterocycles. The number of para-hydroxylation sites is 1. The number of hydrogen-bond donors (Lipinski definition) is 1. The number of benzene rings is 3. The fraction of sp³-hybridized carbons (Fsp3) is 0.231. The summed E-state index contributed by atoms with van der Waals surface area (Å²) in [5, 5.41) is 9.13. The van der Waals surface area contributed by atoms with Crippen LogP contribution in [0, 0.1) is 0 Å². The number of rotatable bonds is 6. The molecule has 2 amide bonds. The Morgan fingerprint density at radius 1 is 0.750 bits per heavy atom. The second kappa shape index (κ2) is 10.1. The van der Waals surface area contributed by atoms with Crippen LogP contribution in [-0.2, 0) is 13.1 Å². The van der Waals surface area contributed by atoms with E-state index in [2.05, 4.69) is 29.2 Å². The number of carboxylic acids is 1. The first-order chi connectivity index (χ1) is 15.6. The van der Waals surface area contributed by atoms with Crippen molar-refractivity contribution in [1.82, 2.24) is 9.80 Å². The third kappa shape index (κ3) is 5.34. The van der Waals surface area contributed by atoms with Crippen LogP contribution in [-0.4, -0.2) is 53.1 Å². The maximum atomic E-state index is 13.5. The van der Waals surface area contributed by atoms with Gasteiger partial charge in [-0.05, 0) is 35.4 Å². The monoisotopic (exact) mass is 429 g/mol. The average molecular weight is 430 g/mol. The van der Waals surface area contributed by atoms with Crippen LogP contribution in [0.4, 0.5) is 10.5 Å². The Labute approximate surface area is 188 Å². The molecule has 1 saturated heterocycles. The Morgan fingerprint density at radius 3 is 1.94 bits per heavy atom. The molecule has 6 nitrogen and oxygen atoms in total. The number of carboxylic acid groups (broad SMARTS) is 1. The number of hydrogen-bond acceptors (Lipinski definition) is 3. The van der Waals surface area contributed by atoms with Gasteiger partial charge in [0.25, 0.3) is 0 Å². The van der Waals surface area contributed by atoms with E-state index >= 15 is 0 Å². The Kier molecular flexibility index (Phi) is 6.82. The van der Waals surface area contributed by atoms with Crippen LogP contribution in [0.1, 0.15) is 21.5 Å². The van der Waals surface area contributed by atoms with Gasteiger partial charge >= 0.3 is 12.0 Å². The van der Waals surface area contributed by atoms with E-state index in [1.54, 1.807) is 29.2 Å². The molecule has 0 bridgehead atoms. The summed E-state index contributed by atoms with van der Waals surface area (Å²) in [5.74, 6) is -0.957. The van der Waals surface area contributed by atoms with E-state index < -0.39 is 5.97 Å². The van der Waals surface area contributed by atoms with Crippen molar-refractivity contribution in [2.24, 2.45) is 0 Å². The molecule has 0 saturated carbocycles. The quantitative estimate of drug-likeness (QED) is 0.634. The van der Waals surface area contributed by atoms with Gasteiger partial charge in [0.1, 0.15) is 0 Å². The molecule has 1 fully saturated rings. The van der Waals surface area contributed by atoms with Crippen molar-refractivity contribution < 1.29 is 14.7 Å². The summed E-state index contributed by atoms with van der Waals surface area (Å²) < 4.78 is 0. The van der Waals surface area contributed by atoms with Gasteiger partial charge in [-0.2, -0.15) is 0 Å². The molecule has 0 unspecified atom stereocenters. The van der Waals surface area contributed by atoms with E-state index in [1.165, 1.54) is 5.56 Å². The van der Waals surface area contributed by atoms with Gasteiger partial charge in [0.2, 0.25) is 0 Å². The normalized spacial score (nSPS) is 14.2. The topological polar surface area (TPSA) is 64.1 Å². The van der Waals surface area contributed by atoms with E-state index in [9.17, 15) is 9.59 Å². The zero-order valence-corrected chi connectivity index (χ0v) is 17.9. The largest absolute Gasteiger partial charge is 0.478 e. The summed E-state index contributed by atoms with van der Waals surface area (Å²) in [6.07, 6.45) is 0. The molecule has 0 aliphatic carbocycles. The third-order valence-electron chi connectivity index (χ3n) is 5.73. The zero-order valence-electron chi connectivity index (χ0n) is 17.9. The third-order valence-corrected chi connectivity index (χ3v) is 5.73. The molecule has 0 radical (unpaired) electrons. The van der Waals surface area contributed by atoms with Gasteiger partial charge in [-0.1, -0.05) is 60.7 Å². The molecule has 1 aliphatic heterocycles. The second-order valence-electron chi connectivity index (χ2n) is 7.96. The molecule has 1 aliphatic rings. The minimum Gasteiger partial charge on any atom is -0.478 e. The predicted molar refractivity (Wildman–Crippen MR) is 125 cm³/mol. The van der Waals surface area contributed by atoms with Crippen LogP contribution < -0.4 is 4.90 Å². The van der Waals surface area contributed by atoms with E-state index in [0.717, 1.165) is 30.9 Å². The lowest BCUT2D eigenvalue weighted by atomic mass is 10.1. The van der Waals surface area contributed by atoms with Gasteiger partial charge in [0.15, 0.2) is 0 Å². The summed E-state index contributed by atoms with van der Waals surface area (Å²) in [6.45, 7) is 4.28. The molecule has 4 rings (SSSR count). The van der Waals surface area contributed by atoms with Gasteiger partial charge in [-0.15, -0.1) is 0 Å². The number of carbonyl (C=O) groups excluding carboxylic acids is 1. The second-order valence-corrected chi connectivity index (χ2v) is 7.96. The lowest BCUT2D eigenvalue weighted by Crippen LogP contribution is -2.52. The molecule has 32 heavy (non-hydrogen) atoms. The highest BCUT2D eigenvalue weighted by molar-refractivity contribution is 5.92. The molecule has 3 aromatic carbocycles. The lowest BCUT2D eigenvalue weighted by Gasteiger charge is -2.37. The molecule has 0 atom stereocenters. The van der Waals surface area contributed by atoms with Gasteiger partial charge < -0.3 is 10.0 Å². The minimum atomic E-state index is -0.957. The summed E-state index contributed by atoms with van der Waals surface area (Å²) in [6, 6.07) is 26.7. The zero-order chi connectivity index (χ0) is 22.3. The van der Waals surface area contributed by atoms with E-state index in [-0.39, 0.29) is 11.6 Å². The fourth-order valence-electron chi connectivity index (χ4n) is 3.92. The van der Waals surface area contributed by atoms with Crippen molar-refractivity contribution in [3.05, 3.63) is 102 Å². The minimum absolute atomic E-state index is 0.0297. The van der Waals surface area contributed by atoms with Crippen LogP contribution >= 0.6 is 0 Å². The Balaban J connectivity index is 1.44. The number of amides is 2. The Bertz CT molecular complexity index is 1030. The fourth-order valence-corrected chi connectivity index (χ4v) is 3.92. The molecule has 6 heteroatoms. The van der Waals surface area contributed by atoms with Crippen molar-refractivity contribution in [3.63, 3.8) is 0 Å². The highest BCUT2D eigenvalue weighted by Gasteiger charge is 2.26. The van der Waals surface area contributed by atoms with Crippen molar-refractivity contribution in [3.8, 4) is 0 Å². The van der Waals surface area contributed by atoms with Crippen LogP contribution in [0.2, 0.25) is 0 Å². The maximum Gasteiger partial charge on any atom is 0.335 e.